The molecule has 0 aliphatic heterocycles. The summed E-state index contributed by atoms with van der Waals surface area (Å²) >= 11 is 2.27. The van der Waals surface area contributed by atoms with Crippen LogP contribution in [0, 0.1) is 10.5 Å². The van der Waals surface area contributed by atoms with Crippen LogP contribution in [0.4, 0.5) is 5.82 Å². The molecule has 1 heterocycles. The van der Waals surface area contributed by atoms with E-state index in [2.05, 4.69) is 41.5 Å². The second-order valence-electron chi connectivity index (χ2n) is 4.43. The van der Waals surface area contributed by atoms with Crippen LogP contribution < -0.4 is 5.73 Å². The van der Waals surface area contributed by atoms with Crippen molar-refractivity contribution in [3.63, 3.8) is 0 Å². The molecule has 4 heteroatoms. The Morgan fingerprint density at radius 3 is 2.56 bits per heavy atom. The molecule has 1 unspecified atom stereocenters. The van der Waals surface area contributed by atoms with Crippen LogP contribution in [0.2, 0.25) is 0 Å². The quantitative estimate of drug-likeness (QED) is 0.633. The molecule has 3 nitrogen and oxygen atoms in total. The summed E-state index contributed by atoms with van der Waals surface area (Å²) in [6.07, 6.45) is 6.37. The number of hydrogen-bond acceptors (Lipinski definition) is 2. The van der Waals surface area contributed by atoms with Gasteiger partial charge in [-0.25, -0.2) is 4.68 Å². The van der Waals surface area contributed by atoms with Crippen molar-refractivity contribution in [3.05, 3.63) is 9.26 Å². The van der Waals surface area contributed by atoms with Crippen LogP contribution in [0.3, 0.4) is 0 Å². The molecule has 1 aromatic rings. The third-order valence-corrected chi connectivity index (χ3v) is 4.27. The van der Waals surface area contributed by atoms with Crippen molar-refractivity contribution in [2.45, 2.75) is 58.9 Å². The van der Waals surface area contributed by atoms with E-state index in [9.17, 15) is 0 Å². The number of rotatable bonds is 6. The molecule has 1 atom stereocenters. The summed E-state index contributed by atoms with van der Waals surface area (Å²) in [5.74, 6) is 0.820. The van der Waals surface area contributed by atoms with Gasteiger partial charge in [0, 0.05) is 0 Å². The second kappa shape index (κ2) is 6.47. The molecule has 92 valence electrons. The molecule has 0 bridgehead atoms. The third-order valence-electron chi connectivity index (χ3n) is 2.94. The molecule has 0 saturated heterocycles. The maximum absolute atomic E-state index is 6.03. The summed E-state index contributed by atoms with van der Waals surface area (Å²) in [5, 5.41) is 4.49. The number of halogens is 1. The molecule has 0 aliphatic carbocycles. The Balaban J connectivity index is 2.52. The fraction of sp³-hybridized carbons (Fsp3) is 0.750. The summed E-state index contributed by atoms with van der Waals surface area (Å²) < 4.78 is 3.07. The lowest BCUT2D eigenvalue weighted by Gasteiger charge is -2.13. The number of unbranched alkanes of at least 4 members (excludes halogenated alkanes) is 3. The zero-order chi connectivity index (χ0) is 12.1. The van der Waals surface area contributed by atoms with E-state index in [0.29, 0.717) is 6.04 Å². The monoisotopic (exact) mass is 335 g/mol. The number of aryl methyl sites for hydroxylation is 1. The van der Waals surface area contributed by atoms with E-state index >= 15 is 0 Å². The van der Waals surface area contributed by atoms with Crippen molar-refractivity contribution in [1.82, 2.24) is 9.78 Å². The molecule has 0 spiro atoms. The van der Waals surface area contributed by atoms with Gasteiger partial charge in [-0.15, -0.1) is 0 Å². The van der Waals surface area contributed by atoms with Crippen LogP contribution >= 0.6 is 22.6 Å². The fourth-order valence-corrected chi connectivity index (χ4v) is 2.23. The molecule has 0 aromatic carbocycles. The number of anilines is 1. The summed E-state index contributed by atoms with van der Waals surface area (Å²) in [4.78, 5) is 0. The first-order chi connectivity index (χ1) is 7.57. The van der Waals surface area contributed by atoms with Gasteiger partial charge in [-0.3, -0.25) is 0 Å². The van der Waals surface area contributed by atoms with Gasteiger partial charge in [0.2, 0.25) is 0 Å². The van der Waals surface area contributed by atoms with Crippen molar-refractivity contribution >= 4 is 28.4 Å². The standard InChI is InChI=1S/C12H22IN3/c1-4-5-6-7-8-9(2)16-12(14)11(13)10(3)15-16/h9H,4-8,14H2,1-3H3. The van der Waals surface area contributed by atoms with Crippen molar-refractivity contribution in [3.8, 4) is 0 Å². The van der Waals surface area contributed by atoms with Crippen molar-refractivity contribution in [2.24, 2.45) is 0 Å². The first-order valence-electron chi connectivity index (χ1n) is 6.08. The molecular formula is C12H22IN3. The van der Waals surface area contributed by atoms with Crippen molar-refractivity contribution < 1.29 is 0 Å². The second-order valence-corrected chi connectivity index (χ2v) is 5.51. The van der Waals surface area contributed by atoms with E-state index in [1.807, 2.05) is 11.6 Å². The molecule has 0 fully saturated rings. The molecule has 1 rings (SSSR count). The van der Waals surface area contributed by atoms with Gasteiger partial charge in [0.1, 0.15) is 5.82 Å². The lowest BCUT2D eigenvalue weighted by atomic mass is 10.1. The van der Waals surface area contributed by atoms with Gasteiger partial charge in [0.15, 0.2) is 0 Å². The first-order valence-corrected chi connectivity index (χ1v) is 7.15. The molecule has 2 N–H and O–H groups in total. The maximum atomic E-state index is 6.03. The average Bonchev–Trinajstić information content (AvgIpc) is 2.52. The predicted molar refractivity (Wildman–Crippen MR) is 77.6 cm³/mol. The molecule has 16 heavy (non-hydrogen) atoms. The van der Waals surface area contributed by atoms with Gasteiger partial charge in [0.05, 0.1) is 15.3 Å². The van der Waals surface area contributed by atoms with Crippen LogP contribution in [0.25, 0.3) is 0 Å². The molecular weight excluding hydrogens is 313 g/mol. The number of nitrogens with zero attached hydrogens (tertiary/aromatic N) is 2. The smallest absolute Gasteiger partial charge is 0.135 e. The first kappa shape index (κ1) is 13.8. The van der Waals surface area contributed by atoms with Gasteiger partial charge in [-0.1, -0.05) is 32.6 Å². The lowest BCUT2D eigenvalue weighted by molar-refractivity contribution is 0.439. The van der Waals surface area contributed by atoms with E-state index < -0.39 is 0 Å². The summed E-state index contributed by atoms with van der Waals surface area (Å²) in [5.41, 5.74) is 7.07. The van der Waals surface area contributed by atoms with Crippen LogP contribution in [0.15, 0.2) is 0 Å². The van der Waals surface area contributed by atoms with E-state index in [1.54, 1.807) is 0 Å². The Morgan fingerprint density at radius 2 is 2.06 bits per heavy atom. The highest BCUT2D eigenvalue weighted by atomic mass is 127. The average molecular weight is 335 g/mol. The molecule has 0 saturated carbocycles. The van der Waals surface area contributed by atoms with Crippen LogP contribution in [-0.4, -0.2) is 9.78 Å². The highest BCUT2D eigenvalue weighted by Gasteiger charge is 2.14. The van der Waals surface area contributed by atoms with E-state index in [4.69, 9.17) is 5.73 Å². The largest absolute Gasteiger partial charge is 0.383 e. The van der Waals surface area contributed by atoms with E-state index in [1.165, 1.54) is 32.1 Å². The normalized spacial score (nSPS) is 13.0. The number of nitrogens with two attached hydrogens (primary N) is 1. The van der Waals surface area contributed by atoms with Crippen LogP contribution in [-0.2, 0) is 0 Å². The van der Waals surface area contributed by atoms with E-state index in [-0.39, 0.29) is 0 Å². The minimum atomic E-state index is 0.416. The SMILES string of the molecule is CCCCCCC(C)n1nc(C)c(I)c1N. The number of aromatic nitrogens is 2. The zero-order valence-electron chi connectivity index (χ0n) is 10.5. The number of hydrogen-bond donors (Lipinski definition) is 1. The molecule has 1 aromatic heterocycles. The van der Waals surface area contributed by atoms with Crippen molar-refractivity contribution in [2.75, 3.05) is 5.73 Å². The zero-order valence-corrected chi connectivity index (χ0v) is 12.6. The Hall–Kier alpha value is -0.260. The predicted octanol–water partition coefficient (Wildman–Crippen LogP) is 3.91. The highest BCUT2D eigenvalue weighted by molar-refractivity contribution is 14.1. The van der Waals surface area contributed by atoms with Gasteiger partial charge in [-0.05, 0) is 42.9 Å². The topological polar surface area (TPSA) is 43.8 Å². The van der Waals surface area contributed by atoms with Crippen molar-refractivity contribution in [1.29, 1.82) is 0 Å². The van der Waals surface area contributed by atoms with Gasteiger partial charge in [-0.2, -0.15) is 5.10 Å². The van der Waals surface area contributed by atoms with Crippen LogP contribution in [0.1, 0.15) is 57.7 Å². The van der Waals surface area contributed by atoms with E-state index in [0.717, 1.165) is 15.1 Å². The van der Waals surface area contributed by atoms with Crippen LogP contribution in [0.5, 0.6) is 0 Å². The summed E-state index contributed by atoms with van der Waals surface area (Å²) in [6.45, 7) is 6.45. The Morgan fingerprint density at radius 1 is 1.38 bits per heavy atom. The number of nitrogen functional groups attached to an aromatic ring is 1. The minimum Gasteiger partial charge on any atom is -0.383 e. The summed E-state index contributed by atoms with van der Waals surface area (Å²) in [7, 11) is 0. The fourth-order valence-electron chi connectivity index (χ4n) is 1.87. The Bertz CT molecular complexity index is 333. The summed E-state index contributed by atoms with van der Waals surface area (Å²) in [6, 6.07) is 0.416. The van der Waals surface area contributed by atoms with Gasteiger partial charge in [0.25, 0.3) is 0 Å². The lowest BCUT2D eigenvalue weighted by Crippen LogP contribution is -2.10. The maximum Gasteiger partial charge on any atom is 0.135 e. The molecule has 0 amide bonds. The van der Waals surface area contributed by atoms with Gasteiger partial charge < -0.3 is 5.73 Å². The third kappa shape index (κ3) is 3.37. The molecule has 0 aliphatic rings. The Kier molecular flexibility index (Phi) is 5.58. The van der Waals surface area contributed by atoms with Gasteiger partial charge >= 0.3 is 0 Å². The highest BCUT2D eigenvalue weighted by Crippen LogP contribution is 2.24. The Labute approximate surface area is 112 Å². The molecule has 0 radical (unpaired) electrons. The minimum absolute atomic E-state index is 0.416.